The summed E-state index contributed by atoms with van der Waals surface area (Å²) in [5.41, 5.74) is 4.98. The van der Waals surface area contributed by atoms with E-state index in [1.807, 2.05) is 43.3 Å². The van der Waals surface area contributed by atoms with Crippen LogP contribution in [0.1, 0.15) is 42.9 Å². The molecule has 42 heavy (non-hydrogen) atoms. The normalized spacial score (nSPS) is 15.6. The van der Waals surface area contributed by atoms with Gasteiger partial charge in [0, 0.05) is 24.1 Å². The molecule has 0 radical (unpaired) electrons. The lowest BCUT2D eigenvalue weighted by atomic mass is 10.0. The number of amides is 2. The van der Waals surface area contributed by atoms with Gasteiger partial charge < -0.3 is 19.8 Å². The van der Waals surface area contributed by atoms with Gasteiger partial charge >= 0.3 is 6.09 Å². The van der Waals surface area contributed by atoms with Crippen molar-refractivity contribution in [1.29, 1.82) is 0 Å². The molecule has 1 aliphatic heterocycles. The topological polar surface area (TPSA) is 122 Å². The second-order valence-corrected chi connectivity index (χ2v) is 10.5. The average molecular weight is 563 g/mol. The van der Waals surface area contributed by atoms with Gasteiger partial charge in [-0.2, -0.15) is 4.98 Å². The van der Waals surface area contributed by atoms with Crippen LogP contribution in [0.15, 0.2) is 89.6 Å². The molecule has 0 aliphatic carbocycles. The highest BCUT2D eigenvalue weighted by Crippen LogP contribution is 2.28. The average Bonchev–Trinajstić information content (AvgIpc) is 3.62. The van der Waals surface area contributed by atoms with Crippen LogP contribution in [0, 0.1) is 5.92 Å². The summed E-state index contributed by atoms with van der Waals surface area (Å²) in [4.78, 5) is 39.7. The van der Waals surface area contributed by atoms with Crippen molar-refractivity contribution in [3.63, 3.8) is 0 Å². The van der Waals surface area contributed by atoms with Crippen LogP contribution in [0.3, 0.4) is 0 Å². The van der Waals surface area contributed by atoms with Crippen molar-refractivity contribution in [1.82, 2.24) is 15.0 Å². The minimum atomic E-state index is -0.388. The van der Waals surface area contributed by atoms with Crippen LogP contribution >= 0.6 is 0 Å². The Morgan fingerprint density at radius 2 is 1.69 bits per heavy atom. The van der Waals surface area contributed by atoms with Gasteiger partial charge in [0.05, 0.1) is 12.1 Å². The number of benzene rings is 2. The summed E-state index contributed by atoms with van der Waals surface area (Å²) in [6.45, 7) is 6.49. The van der Waals surface area contributed by atoms with Crippen LogP contribution < -0.4 is 15.5 Å². The molecular weight excluding hydrogens is 532 g/mol. The van der Waals surface area contributed by atoms with Crippen LogP contribution in [0.4, 0.5) is 22.2 Å². The zero-order valence-corrected chi connectivity index (χ0v) is 23.4. The maximum atomic E-state index is 12.6. The monoisotopic (exact) mass is 562 g/mol. The van der Waals surface area contributed by atoms with Gasteiger partial charge in [-0.15, -0.1) is 0 Å². The predicted molar refractivity (Wildman–Crippen MR) is 160 cm³/mol. The first-order valence-corrected chi connectivity index (χ1v) is 13.8. The molecule has 5 aromatic rings. The lowest BCUT2D eigenvalue weighted by Gasteiger charge is -2.23. The molecular formula is C32H30N6O4. The number of ether oxygens (including phenoxy) is 1. The Morgan fingerprint density at radius 1 is 0.952 bits per heavy atom. The van der Waals surface area contributed by atoms with E-state index in [0.29, 0.717) is 35.2 Å². The fourth-order valence-electron chi connectivity index (χ4n) is 4.90. The van der Waals surface area contributed by atoms with E-state index in [4.69, 9.17) is 9.15 Å². The van der Waals surface area contributed by atoms with E-state index in [1.165, 1.54) is 0 Å². The van der Waals surface area contributed by atoms with E-state index >= 15 is 0 Å². The number of anilines is 3. The molecule has 2 N–H and O–H groups in total. The molecule has 2 aromatic carbocycles. The molecule has 0 spiro atoms. The van der Waals surface area contributed by atoms with Crippen molar-refractivity contribution in [3.05, 3.63) is 96.5 Å². The third-order valence-electron chi connectivity index (χ3n) is 7.31. The molecule has 0 saturated carbocycles. The smallest absolute Gasteiger partial charge is 0.415 e. The molecule has 6 rings (SSSR count). The minimum absolute atomic E-state index is 0.0651. The Bertz CT molecular complexity index is 1700. The molecule has 10 nitrogen and oxygen atoms in total. The molecule has 2 atom stereocenters. The number of hydrogen-bond acceptors (Lipinski definition) is 8. The summed E-state index contributed by atoms with van der Waals surface area (Å²) >= 11 is 0. The van der Waals surface area contributed by atoms with Gasteiger partial charge in [-0.1, -0.05) is 50.2 Å². The third-order valence-corrected chi connectivity index (χ3v) is 7.31. The summed E-state index contributed by atoms with van der Waals surface area (Å²) in [6, 6.07) is 22.6. The van der Waals surface area contributed by atoms with Gasteiger partial charge in [0.25, 0.3) is 5.91 Å². The summed E-state index contributed by atoms with van der Waals surface area (Å²) in [5, 5.41) is 6.20. The number of fused-ring (bicyclic) bond motifs is 1. The highest BCUT2D eigenvalue weighted by Gasteiger charge is 2.37. The second-order valence-electron chi connectivity index (χ2n) is 10.5. The van der Waals surface area contributed by atoms with Gasteiger partial charge in [-0.3, -0.25) is 14.7 Å². The number of nitrogens with one attached hydrogen (secondary N) is 2. The van der Waals surface area contributed by atoms with Crippen LogP contribution in [-0.4, -0.2) is 39.6 Å². The number of nitrogens with zero attached hydrogens (tertiary/aromatic N) is 4. The van der Waals surface area contributed by atoms with Crippen LogP contribution in [0.5, 0.6) is 0 Å². The van der Waals surface area contributed by atoms with Crippen molar-refractivity contribution in [3.8, 4) is 11.1 Å². The summed E-state index contributed by atoms with van der Waals surface area (Å²) in [6.07, 6.45) is 2.91. The van der Waals surface area contributed by atoms with Crippen molar-refractivity contribution in [2.24, 2.45) is 5.92 Å². The van der Waals surface area contributed by atoms with Gasteiger partial charge in [0.15, 0.2) is 11.3 Å². The predicted octanol–water partition coefficient (Wildman–Crippen LogP) is 6.69. The van der Waals surface area contributed by atoms with Crippen LogP contribution in [0.25, 0.3) is 22.2 Å². The Hall–Kier alpha value is -5.25. The highest BCUT2D eigenvalue weighted by molar-refractivity contribution is 6.04. The van der Waals surface area contributed by atoms with Crippen molar-refractivity contribution >= 4 is 40.6 Å². The largest absolute Gasteiger partial charge is 0.449 e. The summed E-state index contributed by atoms with van der Waals surface area (Å²) in [5.74, 6) is 1.06. The van der Waals surface area contributed by atoms with Crippen molar-refractivity contribution in [2.75, 3.05) is 22.1 Å². The Labute approximate surface area is 242 Å². The quantitative estimate of drug-likeness (QED) is 0.214. The fourth-order valence-corrected chi connectivity index (χ4v) is 4.90. The number of furan rings is 1. The number of cyclic esters (lactones) is 1. The third kappa shape index (κ3) is 5.51. The molecule has 4 heterocycles. The number of hydrogen-bond donors (Lipinski definition) is 2. The minimum Gasteiger partial charge on any atom is -0.449 e. The van der Waals surface area contributed by atoms with Gasteiger partial charge in [0.1, 0.15) is 17.9 Å². The molecule has 1 aliphatic rings. The maximum Gasteiger partial charge on any atom is 0.415 e. The van der Waals surface area contributed by atoms with Gasteiger partial charge in [-0.05, 0) is 59.9 Å². The van der Waals surface area contributed by atoms with E-state index in [2.05, 4.69) is 51.6 Å². The highest BCUT2D eigenvalue weighted by atomic mass is 16.6. The molecule has 3 aromatic heterocycles. The van der Waals surface area contributed by atoms with E-state index < -0.39 is 0 Å². The van der Waals surface area contributed by atoms with Gasteiger partial charge in [0.2, 0.25) is 5.95 Å². The first-order chi connectivity index (χ1) is 20.4. The van der Waals surface area contributed by atoms with E-state index in [9.17, 15) is 9.59 Å². The van der Waals surface area contributed by atoms with E-state index in [0.717, 1.165) is 16.7 Å². The Morgan fingerprint density at radius 3 is 2.40 bits per heavy atom. The first kappa shape index (κ1) is 26.9. The standard InChI is InChI=1S/C32H30N6O4/c1-19(2)26-18-41-32(40)38(26)29-14-16-34-31(37-29)35-20(3)21-6-8-22(9-7-21)23-10-12-24(13-11-23)36-30(39)28-17-25-27(42-28)5-4-15-33-25/h4-17,19-20,26H,18H2,1-3H3,(H,36,39)(H,34,35,37)/t20-,26+/m0/s1. The number of carbonyl (C=O) groups excluding carboxylic acids is 2. The summed E-state index contributed by atoms with van der Waals surface area (Å²) < 4.78 is 10.9. The lowest BCUT2D eigenvalue weighted by Crippen LogP contribution is -2.37. The molecule has 1 saturated heterocycles. The Balaban J connectivity index is 1.09. The molecule has 2 amide bonds. The van der Waals surface area contributed by atoms with Crippen molar-refractivity contribution < 1.29 is 18.7 Å². The van der Waals surface area contributed by atoms with E-state index in [1.54, 1.807) is 41.6 Å². The second kappa shape index (κ2) is 11.3. The first-order valence-electron chi connectivity index (χ1n) is 13.8. The molecule has 1 fully saturated rings. The maximum absolute atomic E-state index is 12.6. The molecule has 10 heteroatoms. The number of carbonyl (C=O) groups is 2. The fraction of sp³-hybridized carbons (Fsp3) is 0.219. The van der Waals surface area contributed by atoms with Crippen LogP contribution in [-0.2, 0) is 4.74 Å². The molecule has 212 valence electrons. The van der Waals surface area contributed by atoms with Crippen molar-refractivity contribution in [2.45, 2.75) is 32.9 Å². The molecule has 0 unspecified atom stereocenters. The summed E-state index contributed by atoms with van der Waals surface area (Å²) in [7, 11) is 0. The lowest BCUT2D eigenvalue weighted by molar-refractivity contribution is 0.0998. The zero-order valence-electron chi connectivity index (χ0n) is 23.4. The zero-order chi connectivity index (χ0) is 29.2. The molecule has 0 bridgehead atoms. The SMILES string of the molecule is CC(C)[C@H]1COC(=O)N1c1ccnc(N[C@@H](C)c2ccc(-c3ccc(NC(=O)c4cc5ncccc5o4)cc3)cc2)n1. The number of aromatic nitrogens is 3. The number of rotatable bonds is 8. The van der Waals surface area contributed by atoms with Gasteiger partial charge in [-0.25, -0.2) is 9.78 Å². The Kier molecular flexibility index (Phi) is 7.26. The number of pyridine rings is 1. The van der Waals surface area contributed by atoms with E-state index in [-0.39, 0.29) is 35.8 Å². The van der Waals surface area contributed by atoms with Crippen LogP contribution in [0.2, 0.25) is 0 Å².